The molecule has 0 aliphatic carbocycles. The van der Waals surface area contributed by atoms with Gasteiger partial charge in [-0.05, 0) is 36.4 Å². The van der Waals surface area contributed by atoms with Crippen LogP contribution >= 0.6 is 0 Å². The second-order valence-electron chi connectivity index (χ2n) is 8.66. The Morgan fingerprint density at radius 2 is 1.37 bits per heavy atom. The lowest BCUT2D eigenvalue weighted by Gasteiger charge is -2.39. The highest BCUT2D eigenvalue weighted by molar-refractivity contribution is 6.24. The third-order valence-corrected chi connectivity index (χ3v) is 6.77. The number of nitrogens with zero attached hydrogens (tertiary/aromatic N) is 3. The van der Waals surface area contributed by atoms with Gasteiger partial charge in [-0.15, -0.1) is 13.2 Å². The first-order valence-corrected chi connectivity index (χ1v) is 11.5. The van der Waals surface area contributed by atoms with Crippen molar-refractivity contribution in [2.45, 2.75) is 37.6 Å². The fourth-order valence-corrected chi connectivity index (χ4v) is 4.89. The molecule has 0 saturated carbocycles. The van der Waals surface area contributed by atoms with Crippen LogP contribution in [0.5, 0.6) is 17.2 Å². The number of hydrogen-bond donors (Lipinski definition) is 1. The molecule has 2 aromatic heterocycles. The smallest absolute Gasteiger partial charge is 0.495 e. The van der Waals surface area contributed by atoms with E-state index in [-0.39, 0.29) is 5.69 Å². The number of carbonyl (C=O) groups is 2. The van der Waals surface area contributed by atoms with E-state index in [1.165, 1.54) is 38.7 Å². The highest BCUT2D eigenvalue weighted by Gasteiger charge is 2.59. The number of halogens is 3. The minimum absolute atomic E-state index is 0.0756. The van der Waals surface area contributed by atoms with Crippen LogP contribution in [0.4, 0.5) is 23.7 Å². The highest BCUT2D eigenvalue weighted by Crippen LogP contribution is 2.48. The van der Waals surface area contributed by atoms with Gasteiger partial charge in [0.25, 0.3) is 5.91 Å². The van der Waals surface area contributed by atoms with Crippen molar-refractivity contribution in [1.82, 2.24) is 15.3 Å². The van der Waals surface area contributed by atoms with Crippen molar-refractivity contribution < 1.29 is 37.0 Å². The van der Waals surface area contributed by atoms with Crippen molar-refractivity contribution >= 4 is 17.6 Å². The van der Waals surface area contributed by atoms with E-state index in [2.05, 4.69) is 20.0 Å². The van der Waals surface area contributed by atoms with Crippen molar-refractivity contribution in [3.8, 4) is 17.2 Å². The molecule has 1 aliphatic heterocycles. The summed E-state index contributed by atoms with van der Waals surface area (Å²) in [7, 11) is 2.95. The first kappa shape index (κ1) is 26.7. The summed E-state index contributed by atoms with van der Waals surface area (Å²) < 4.78 is 52.7. The van der Waals surface area contributed by atoms with Crippen LogP contribution in [0.1, 0.15) is 36.8 Å². The Labute approximate surface area is 216 Å². The molecular formula is C26H25F3N4O5. The van der Waals surface area contributed by atoms with Crippen LogP contribution in [0, 0.1) is 0 Å². The van der Waals surface area contributed by atoms with E-state index >= 15 is 0 Å². The molecule has 9 nitrogen and oxygen atoms in total. The average Bonchev–Trinajstić information content (AvgIpc) is 3.17. The zero-order chi connectivity index (χ0) is 27.7. The Hall–Kier alpha value is -4.35. The normalized spacial score (nSPS) is 19.1. The van der Waals surface area contributed by atoms with Gasteiger partial charge in [0.2, 0.25) is 0 Å². The number of carbonyl (C=O) groups excluding carboxylic acids is 2. The van der Waals surface area contributed by atoms with Gasteiger partial charge >= 0.3 is 12.4 Å². The van der Waals surface area contributed by atoms with Crippen molar-refractivity contribution in [3.05, 3.63) is 72.3 Å². The molecule has 0 spiro atoms. The van der Waals surface area contributed by atoms with E-state index in [1.807, 2.05) is 0 Å². The lowest BCUT2D eigenvalue weighted by Crippen LogP contribution is -2.55. The van der Waals surface area contributed by atoms with Gasteiger partial charge in [-0.2, -0.15) is 0 Å². The van der Waals surface area contributed by atoms with Crippen LogP contribution in [0.25, 0.3) is 0 Å². The number of rotatable bonds is 8. The number of alkyl halides is 3. The van der Waals surface area contributed by atoms with E-state index in [9.17, 15) is 22.8 Å². The Balaban J connectivity index is 1.83. The molecular weight excluding hydrogens is 505 g/mol. The lowest BCUT2D eigenvalue weighted by molar-refractivity contribution is -0.274. The van der Waals surface area contributed by atoms with E-state index < -0.39 is 41.4 Å². The van der Waals surface area contributed by atoms with Gasteiger partial charge in [-0.25, -0.2) is 9.69 Å². The summed E-state index contributed by atoms with van der Waals surface area (Å²) in [5.74, 6) is -1.55. The van der Waals surface area contributed by atoms with Crippen LogP contribution in [-0.2, 0) is 4.79 Å². The summed E-state index contributed by atoms with van der Waals surface area (Å²) in [5, 5.41) is 2.89. The molecule has 38 heavy (non-hydrogen) atoms. The Bertz CT molecular complexity index is 1280. The summed E-state index contributed by atoms with van der Waals surface area (Å²) in [6.45, 7) is 3.56. The monoisotopic (exact) mass is 530 g/mol. The molecule has 2 unspecified atom stereocenters. The van der Waals surface area contributed by atoms with Crippen molar-refractivity contribution in [2.24, 2.45) is 0 Å². The van der Waals surface area contributed by atoms with E-state index in [0.717, 1.165) is 17.0 Å². The van der Waals surface area contributed by atoms with Crippen LogP contribution in [0.2, 0.25) is 0 Å². The Morgan fingerprint density at radius 3 is 1.82 bits per heavy atom. The summed E-state index contributed by atoms with van der Waals surface area (Å²) in [6.07, 6.45) is 1.25. The number of hydrogen-bond acceptors (Lipinski definition) is 7. The van der Waals surface area contributed by atoms with Crippen molar-refractivity contribution in [2.75, 3.05) is 19.1 Å². The average molecular weight is 531 g/mol. The van der Waals surface area contributed by atoms with Gasteiger partial charge in [0.05, 0.1) is 32.3 Å². The SMILES string of the molecule is COc1cnccc1C(C)C1(C(C)c2ccncc2OC)NC(=O)N(c2ccc(OC(F)(F)F)cc2)C1=O. The number of urea groups is 1. The molecule has 0 radical (unpaired) electrons. The van der Waals surface area contributed by atoms with E-state index in [4.69, 9.17) is 9.47 Å². The first-order chi connectivity index (χ1) is 18.0. The quantitative estimate of drug-likeness (QED) is 0.418. The van der Waals surface area contributed by atoms with Crippen molar-refractivity contribution in [3.63, 3.8) is 0 Å². The number of amides is 3. The second-order valence-corrected chi connectivity index (χ2v) is 8.66. The predicted octanol–water partition coefficient (Wildman–Crippen LogP) is 4.79. The van der Waals surface area contributed by atoms with Gasteiger partial charge in [0.15, 0.2) is 0 Å². The minimum atomic E-state index is -4.88. The fraction of sp³-hybridized carbons (Fsp3) is 0.308. The predicted molar refractivity (Wildman–Crippen MR) is 130 cm³/mol. The third kappa shape index (κ3) is 4.69. The molecule has 4 rings (SSSR count). The number of benzene rings is 1. The van der Waals surface area contributed by atoms with Crippen LogP contribution in [0.3, 0.4) is 0 Å². The molecule has 2 atom stereocenters. The van der Waals surface area contributed by atoms with Crippen LogP contribution < -0.4 is 24.4 Å². The largest absolute Gasteiger partial charge is 0.573 e. The van der Waals surface area contributed by atoms with Crippen LogP contribution in [-0.4, -0.2) is 48.0 Å². The van der Waals surface area contributed by atoms with E-state index in [0.29, 0.717) is 22.6 Å². The highest BCUT2D eigenvalue weighted by atomic mass is 19.4. The van der Waals surface area contributed by atoms with Gasteiger partial charge in [0, 0.05) is 35.4 Å². The molecule has 3 amide bonds. The first-order valence-electron chi connectivity index (χ1n) is 11.5. The van der Waals surface area contributed by atoms with Crippen molar-refractivity contribution in [1.29, 1.82) is 0 Å². The number of methoxy groups -OCH3 is 2. The maximum absolute atomic E-state index is 14.3. The topological polar surface area (TPSA) is 103 Å². The number of nitrogens with one attached hydrogen (secondary N) is 1. The zero-order valence-corrected chi connectivity index (χ0v) is 20.9. The fourth-order valence-electron chi connectivity index (χ4n) is 4.89. The summed E-state index contributed by atoms with van der Waals surface area (Å²) >= 11 is 0. The molecule has 0 bridgehead atoms. The summed E-state index contributed by atoms with van der Waals surface area (Å²) in [6, 6.07) is 7.16. The molecule has 1 fully saturated rings. The molecule has 1 aromatic carbocycles. The molecule has 1 N–H and O–H groups in total. The number of pyridine rings is 2. The van der Waals surface area contributed by atoms with Gasteiger partial charge in [-0.1, -0.05) is 13.8 Å². The number of ether oxygens (including phenoxy) is 3. The molecule has 3 heterocycles. The third-order valence-electron chi connectivity index (χ3n) is 6.77. The number of anilines is 1. The molecule has 1 saturated heterocycles. The van der Waals surface area contributed by atoms with Crippen LogP contribution in [0.15, 0.2) is 61.2 Å². The number of imide groups is 1. The van der Waals surface area contributed by atoms with E-state index in [1.54, 1.807) is 38.4 Å². The Kier molecular flexibility index (Phi) is 7.16. The maximum atomic E-state index is 14.3. The second kappa shape index (κ2) is 10.2. The van der Waals surface area contributed by atoms with Gasteiger partial charge < -0.3 is 19.5 Å². The number of aromatic nitrogens is 2. The van der Waals surface area contributed by atoms with Gasteiger partial charge in [0.1, 0.15) is 22.8 Å². The standard InChI is InChI=1S/C26H25F3N4O5/c1-15(19-9-11-30-13-21(19)36-3)25(16(2)20-10-12-31-14-22(20)37-4)23(34)33(24(35)32-25)17-5-7-18(8-6-17)38-26(27,28)29/h5-16H,1-4H3,(H,32,35). The Morgan fingerprint density at radius 1 is 0.868 bits per heavy atom. The lowest BCUT2D eigenvalue weighted by atomic mass is 9.69. The summed E-state index contributed by atoms with van der Waals surface area (Å²) in [5.41, 5.74) is -0.244. The molecule has 3 aromatic rings. The molecule has 12 heteroatoms. The molecule has 1 aliphatic rings. The minimum Gasteiger partial charge on any atom is -0.495 e. The van der Waals surface area contributed by atoms with Gasteiger partial charge in [-0.3, -0.25) is 14.8 Å². The summed E-state index contributed by atoms with van der Waals surface area (Å²) in [4.78, 5) is 36.8. The maximum Gasteiger partial charge on any atom is 0.573 e. The zero-order valence-electron chi connectivity index (χ0n) is 20.9. The molecule has 200 valence electrons.